The molecule has 1 N–H and O–H groups in total. The fourth-order valence-corrected chi connectivity index (χ4v) is 3.92. The Bertz CT molecular complexity index is 766. The van der Waals surface area contributed by atoms with Crippen molar-refractivity contribution in [2.45, 2.75) is 33.1 Å². The van der Waals surface area contributed by atoms with E-state index in [1.165, 1.54) is 22.9 Å². The summed E-state index contributed by atoms with van der Waals surface area (Å²) in [5, 5.41) is 4.04. The van der Waals surface area contributed by atoms with Crippen molar-refractivity contribution in [3.05, 3.63) is 57.0 Å². The average molecular weight is 330 g/mol. The van der Waals surface area contributed by atoms with Gasteiger partial charge in [0.05, 0.1) is 10.6 Å². The molecule has 0 radical (unpaired) electrons. The van der Waals surface area contributed by atoms with Gasteiger partial charge in [-0.2, -0.15) is 5.10 Å². The van der Waals surface area contributed by atoms with Crippen molar-refractivity contribution >= 4 is 23.0 Å². The maximum absolute atomic E-state index is 13.7. The second-order valence-corrected chi connectivity index (χ2v) is 7.16. The Morgan fingerprint density at radius 2 is 2.17 bits per heavy atom. The van der Waals surface area contributed by atoms with Gasteiger partial charge in [0.1, 0.15) is 5.82 Å². The van der Waals surface area contributed by atoms with Crippen molar-refractivity contribution in [2.75, 3.05) is 0 Å². The normalized spacial score (nSPS) is 17.7. The van der Waals surface area contributed by atoms with Crippen LogP contribution in [0.1, 0.15) is 45.9 Å². The zero-order chi connectivity index (χ0) is 16.4. The standard InChI is InChI=1S/C18H19FN2OS/c1-11-7-8-16-13(9-11)10-17(23-16)18(22)21-20-12(2)14-5-3-4-6-15(14)19/h3-6,10-11H,7-9H2,1-2H3,(H,21,22)/b20-12-/t11-/m0/s1. The van der Waals surface area contributed by atoms with Crippen LogP contribution in [0.5, 0.6) is 0 Å². The first kappa shape index (κ1) is 15.9. The van der Waals surface area contributed by atoms with E-state index in [9.17, 15) is 9.18 Å². The predicted octanol–water partition coefficient (Wildman–Crippen LogP) is 4.17. The second kappa shape index (κ2) is 6.62. The number of nitrogens with one attached hydrogen (secondary N) is 1. The number of halogens is 1. The zero-order valence-corrected chi connectivity index (χ0v) is 14.0. The van der Waals surface area contributed by atoms with E-state index in [1.54, 1.807) is 36.5 Å². The van der Waals surface area contributed by atoms with Gasteiger partial charge in [-0.25, -0.2) is 9.82 Å². The minimum absolute atomic E-state index is 0.229. The van der Waals surface area contributed by atoms with E-state index >= 15 is 0 Å². The van der Waals surface area contributed by atoms with Crippen LogP contribution >= 0.6 is 11.3 Å². The van der Waals surface area contributed by atoms with Gasteiger partial charge >= 0.3 is 0 Å². The van der Waals surface area contributed by atoms with Gasteiger partial charge in [0.2, 0.25) is 0 Å². The summed E-state index contributed by atoms with van der Waals surface area (Å²) in [6, 6.07) is 8.37. The lowest BCUT2D eigenvalue weighted by atomic mass is 9.90. The van der Waals surface area contributed by atoms with Gasteiger partial charge in [0, 0.05) is 10.4 Å². The molecule has 120 valence electrons. The summed E-state index contributed by atoms with van der Waals surface area (Å²) in [5.74, 6) is 0.102. The molecule has 0 bridgehead atoms. The molecule has 5 heteroatoms. The first-order valence-electron chi connectivity index (χ1n) is 7.75. The molecule has 1 aromatic heterocycles. The van der Waals surface area contributed by atoms with Crippen molar-refractivity contribution in [1.29, 1.82) is 0 Å². The average Bonchev–Trinajstić information content (AvgIpc) is 2.95. The number of nitrogens with zero attached hydrogens (tertiary/aromatic N) is 1. The molecule has 3 rings (SSSR count). The molecular formula is C18H19FN2OS. The van der Waals surface area contributed by atoms with Crippen LogP contribution in [0.4, 0.5) is 4.39 Å². The summed E-state index contributed by atoms with van der Waals surface area (Å²) in [6.45, 7) is 3.92. The molecular weight excluding hydrogens is 311 g/mol. The highest BCUT2D eigenvalue weighted by Gasteiger charge is 2.20. The zero-order valence-electron chi connectivity index (χ0n) is 13.2. The molecule has 0 unspecified atom stereocenters. The third-order valence-corrected chi connectivity index (χ3v) is 5.38. The summed E-state index contributed by atoms with van der Waals surface area (Å²) >= 11 is 1.54. The Hall–Kier alpha value is -2.01. The van der Waals surface area contributed by atoms with E-state index in [0.29, 0.717) is 22.1 Å². The molecule has 0 saturated carbocycles. The van der Waals surface area contributed by atoms with Gasteiger partial charge in [-0.3, -0.25) is 4.79 Å². The SMILES string of the molecule is C/C(=N/NC(=O)c1cc2c(s1)CC[C@H](C)C2)c1ccccc1F. The molecule has 1 aliphatic carbocycles. The minimum atomic E-state index is -0.344. The van der Waals surface area contributed by atoms with Crippen LogP contribution in [-0.4, -0.2) is 11.6 Å². The third-order valence-electron chi connectivity index (χ3n) is 4.14. The minimum Gasteiger partial charge on any atom is -0.266 e. The number of hydrogen-bond donors (Lipinski definition) is 1. The van der Waals surface area contributed by atoms with Gasteiger partial charge < -0.3 is 0 Å². The van der Waals surface area contributed by atoms with Crippen LogP contribution in [-0.2, 0) is 12.8 Å². The van der Waals surface area contributed by atoms with Crippen molar-refractivity contribution < 1.29 is 9.18 Å². The van der Waals surface area contributed by atoms with Gasteiger partial charge in [-0.1, -0.05) is 25.1 Å². The quantitative estimate of drug-likeness (QED) is 0.666. The summed E-state index contributed by atoms with van der Waals surface area (Å²) in [6.07, 6.45) is 3.27. The molecule has 2 aromatic rings. The first-order chi connectivity index (χ1) is 11.0. The summed E-state index contributed by atoms with van der Waals surface area (Å²) < 4.78 is 13.7. The summed E-state index contributed by atoms with van der Waals surface area (Å²) in [7, 11) is 0. The molecule has 1 heterocycles. The molecule has 0 fully saturated rings. The van der Waals surface area contributed by atoms with Gasteiger partial charge in [-0.15, -0.1) is 11.3 Å². The van der Waals surface area contributed by atoms with E-state index in [2.05, 4.69) is 17.5 Å². The second-order valence-electron chi connectivity index (χ2n) is 6.03. The summed E-state index contributed by atoms with van der Waals surface area (Å²) in [5.41, 5.74) is 4.67. The molecule has 0 saturated heterocycles. The van der Waals surface area contributed by atoms with Crippen molar-refractivity contribution in [1.82, 2.24) is 5.43 Å². The van der Waals surface area contributed by atoms with Crippen LogP contribution in [0.15, 0.2) is 35.4 Å². The number of carbonyl (C=O) groups is 1. The number of fused-ring (bicyclic) bond motifs is 1. The Balaban J connectivity index is 1.72. The highest BCUT2D eigenvalue weighted by Crippen LogP contribution is 2.32. The number of hydrogen-bond acceptors (Lipinski definition) is 3. The monoisotopic (exact) mass is 330 g/mol. The van der Waals surface area contributed by atoms with Crippen LogP contribution in [0.3, 0.4) is 0 Å². The largest absolute Gasteiger partial charge is 0.281 e. The molecule has 1 aromatic carbocycles. The van der Waals surface area contributed by atoms with Gasteiger partial charge in [0.25, 0.3) is 5.91 Å². The Morgan fingerprint density at radius 3 is 2.96 bits per heavy atom. The first-order valence-corrected chi connectivity index (χ1v) is 8.57. The van der Waals surface area contributed by atoms with Crippen LogP contribution < -0.4 is 5.43 Å². The molecule has 1 atom stereocenters. The predicted molar refractivity (Wildman–Crippen MR) is 91.6 cm³/mol. The smallest absolute Gasteiger partial charge is 0.266 e. The number of thiophene rings is 1. The highest BCUT2D eigenvalue weighted by molar-refractivity contribution is 7.14. The van der Waals surface area contributed by atoms with E-state index in [4.69, 9.17) is 0 Å². The van der Waals surface area contributed by atoms with E-state index in [1.807, 2.05) is 6.07 Å². The fraction of sp³-hybridized carbons (Fsp3) is 0.333. The van der Waals surface area contributed by atoms with E-state index in [0.717, 1.165) is 12.8 Å². The molecule has 3 nitrogen and oxygen atoms in total. The van der Waals surface area contributed by atoms with Crippen molar-refractivity contribution in [2.24, 2.45) is 11.0 Å². The topological polar surface area (TPSA) is 41.5 Å². The lowest BCUT2D eigenvalue weighted by Gasteiger charge is -2.16. The lowest BCUT2D eigenvalue weighted by molar-refractivity contribution is 0.0959. The van der Waals surface area contributed by atoms with Gasteiger partial charge in [-0.05, 0) is 49.8 Å². The number of amides is 1. The molecule has 23 heavy (non-hydrogen) atoms. The molecule has 1 amide bonds. The lowest BCUT2D eigenvalue weighted by Crippen LogP contribution is -2.18. The van der Waals surface area contributed by atoms with E-state index < -0.39 is 0 Å². The van der Waals surface area contributed by atoms with E-state index in [-0.39, 0.29) is 11.7 Å². The molecule has 0 aliphatic heterocycles. The van der Waals surface area contributed by atoms with Crippen LogP contribution in [0.25, 0.3) is 0 Å². The van der Waals surface area contributed by atoms with Crippen LogP contribution in [0, 0.1) is 11.7 Å². The van der Waals surface area contributed by atoms with Gasteiger partial charge in [0.15, 0.2) is 0 Å². The maximum Gasteiger partial charge on any atom is 0.281 e. The number of aryl methyl sites for hydroxylation is 1. The fourth-order valence-electron chi connectivity index (χ4n) is 2.82. The van der Waals surface area contributed by atoms with Crippen molar-refractivity contribution in [3.63, 3.8) is 0 Å². The van der Waals surface area contributed by atoms with Crippen LogP contribution in [0.2, 0.25) is 0 Å². The molecule has 0 spiro atoms. The number of hydrazone groups is 1. The highest BCUT2D eigenvalue weighted by atomic mass is 32.1. The summed E-state index contributed by atoms with van der Waals surface area (Å²) in [4.78, 5) is 14.2. The number of benzene rings is 1. The Kier molecular flexibility index (Phi) is 4.57. The Labute approximate surface area is 139 Å². The number of rotatable bonds is 3. The number of carbonyl (C=O) groups excluding carboxylic acids is 1. The Morgan fingerprint density at radius 1 is 1.39 bits per heavy atom. The van der Waals surface area contributed by atoms with Crippen molar-refractivity contribution in [3.8, 4) is 0 Å². The molecule has 1 aliphatic rings. The maximum atomic E-state index is 13.7. The third kappa shape index (κ3) is 3.50.